The number of nitrogens with zero attached hydrogens (tertiary/aromatic N) is 1. The summed E-state index contributed by atoms with van der Waals surface area (Å²) in [7, 11) is 1.50. The smallest absolute Gasteiger partial charge is 0.335 e. The zero-order chi connectivity index (χ0) is 19.4. The van der Waals surface area contributed by atoms with Crippen molar-refractivity contribution in [2.45, 2.75) is 20.8 Å². The Hall–Kier alpha value is -3.15. The summed E-state index contributed by atoms with van der Waals surface area (Å²) in [5.74, 6) is -1.84. The molecule has 26 heavy (non-hydrogen) atoms. The van der Waals surface area contributed by atoms with Crippen LogP contribution in [-0.4, -0.2) is 41.4 Å². The normalized spacial score (nSPS) is 10.3. The van der Waals surface area contributed by atoms with E-state index in [1.54, 1.807) is 0 Å². The van der Waals surface area contributed by atoms with Gasteiger partial charge >= 0.3 is 5.97 Å². The Morgan fingerprint density at radius 1 is 1.00 bits per heavy atom. The fourth-order valence-corrected chi connectivity index (χ4v) is 2.85. The first-order valence-electron chi connectivity index (χ1n) is 8.15. The van der Waals surface area contributed by atoms with Crippen molar-refractivity contribution in [1.82, 2.24) is 4.90 Å². The molecule has 0 fully saturated rings. The second-order valence-corrected chi connectivity index (χ2v) is 6.37. The van der Waals surface area contributed by atoms with E-state index in [9.17, 15) is 14.4 Å². The summed E-state index contributed by atoms with van der Waals surface area (Å²) >= 11 is 0. The first-order valence-corrected chi connectivity index (χ1v) is 8.15. The zero-order valence-electron chi connectivity index (χ0n) is 15.3. The molecular weight excluding hydrogens is 332 g/mol. The summed E-state index contributed by atoms with van der Waals surface area (Å²) in [6.45, 7) is 5.69. The van der Waals surface area contributed by atoms with Gasteiger partial charge in [0.1, 0.15) is 0 Å². The van der Waals surface area contributed by atoms with Gasteiger partial charge in [0.25, 0.3) is 5.91 Å². The number of carbonyl (C=O) groups excluding carboxylic acids is 2. The molecule has 0 aliphatic carbocycles. The number of likely N-dealkylation sites (N-methyl/N-ethyl adjacent to an activating group) is 1. The fraction of sp³-hybridized carbons (Fsp3) is 0.250. The molecule has 136 valence electrons. The largest absolute Gasteiger partial charge is 0.478 e. The van der Waals surface area contributed by atoms with E-state index in [1.165, 1.54) is 36.2 Å². The van der Waals surface area contributed by atoms with Crippen LogP contribution >= 0.6 is 0 Å². The lowest BCUT2D eigenvalue weighted by molar-refractivity contribution is -0.116. The van der Waals surface area contributed by atoms with Gasteiger partial charge in [0, 0.05) is 18.3 Å². The maximum atomic E-state index is 12.4. The van der Waals surface area contributed by atoms with E-state index in [0.717, 1.165) is 22.4 Å². The van der Waals surface area contributed by atoms with Gasteiger partial charge < -0.3 is 15.3 Å². The van der Waals surface area contributed by atoms with Gasteiger partial charge in [-0.3, -0.25) is 9.59 Å². The number of amides is 2. The molecule has 6 nitrogen and oxygen atoms in total. The van der Waals surface area contributed by atoms with Crippen molar-refractivity contribution in [2.24, 2.45) is 0 Å². The summed E-state index contributed by atoms with van der Waals surface area (Å²) in [5, 5.41) is 11.9. The lowest BCUT2D eigenvalue weighted by Gasteiger charge is -2.18. The minimum Gasteiger partial charge on any atom is -0.478 e. The standard InChI is InChI=1S/C20H22N2O4/c1-12-8-13(2)18(14(3)9-12)21-17(23)11-22(4)19(24)15-6-5-7-16(10-15)20(25)26/h5-10H,11H2,1-4H3,(H,21,23)(H,25,26). The van der Waals surface area contributed by atoms with Crippen LogP contribution in [0.3, 0.4) is 0 Å². The molecule has 2 aromatic carbocycles. The molecule has 2 aromatic rings. The van der Waals surface area contributed by atoms with Gasteiger partial charge in [-0.2, -0.15) is 0 Å². The highest BCUT2D eigenvalue weighted by atomic mass is 16.4. The van der Waals surface area contributed by atoms with Gasteiger partial charge in [0.2, 0.25) is 5.91 Å². The highest BCUT2D eigenvalue weighted by Gasteiger charge is 2.17. The van der Waals surface area contributed by atoms with Crippen molar-refractivity contribution in [1.29, 1.82) is 0 Å². The van der Waals surface area contributed by atoms with Crippen molar-refractivity contribution < 1.29 is 19.5 Å². The molecule has 0 bridgehead atoms. The number of nitrogens with one attached hydrogen (secondary N) is 1. The zero-order valence-corrected chi connectivity index (χ0v) is 15.3. The summed E-state index contributed by atoms with van der Waals surface area (Å²) in [5.41, 5.74) is 4.03. The molecule has 2 rings (SSSR count). The SMILES string of the molecule is Cc1cc(C)c(NC(=O)CN(C)C(=O)c2cccc(C(=O)O)c2)c(C)c1. The molecule has 0 saturated carbocycles. The molecule has 0 saturated heterocycles. The average Bonchev–Trinajstić information content (AvgIpc) is 2.57. The average molecular weight is 354 g/mol. The van der Waals surface area contributed by atoms with Crippen LogP contribution in [0.25, 0.3) is 0 Å². The van der Waals surface area contributed by atoms with Gasteiger partial charge in [-0.1, -0.05) is 23.8 Å². The first kappa shape index (κ1) is 19.2. The van der Waals surface area contributed by atoms with E-state index in [2.05, 4.69) is 5.32 Å². The van der Waals surface area contributed by atoms with Gasteiger partial charge in [0.05, 0.1) is 12.1 Å². The molecule has 0 aliphatic heterocycles. The lowest BCUT2D eigenvalue weighted by atomic mass is 10.1. The van der Waals surface area contributed by atoms with E-state index in [1.807, 2.05) is 32.9 Å². The van der Waals surface area contributed by atoms with Crippen molar-refractivity contribution in [3.8, 4) is 0 Å². The van der Waals surface area contributed by atoms with Crippen LogP contribution in [0.1, 0.15) is 37.4 Å². The van der Waals surface area contributed by atoms with Crippen LogP contribution in [-0.2, 0) is 4.79 Å². The van der Waals surface area contributed by atoms with Crippen molar-refractivity contribution in [3.63, 3.8) is 0 Å². The topological polar surface area (TPSA) is 86.7 Å². The number of aromatic carboxylic acids is 1. The van der Waals surface area contributed by atoms with E-state index in [4.69, 9.17) is 5.11 Å². The Labute approximate surface area is 152 Å². The third-order valence-corrected chi connectivity index (χ3v) is 4.03. The number of aryl methyl sites for hydroxylation is 3. The van der Waals surface area contributed by atoms with E-state index < -0.39 is 11.9 Å². The predicted molar refractivity (Wildman–Crippen MR) is 99.6 cm³/mol. The molecule has 0 unspecified atom stereocenters. The molecule has 0 atom stereocenters. The molecule has 0 aliphatic rings. The monoisotopic (exact) mass is 354 g/mol. The molecule has 2 amide bonds. The Morgan fingerprint density at radius 3 is 2.15 bits per heavy atom. The van der Waals surface area contributed by atoms with Crippen LogP contribution in [0.4, 0.5) is 5.69 Å². The van der Waals surface area contributed by atoms with Gasteiger partial charge in [-0.25, -0.2) is 4.79 Å². The van der Waals surface area contributed by atoms with Crippen LogP contribution in [0.5, 0.6) is 0 Å². The number of carboxylic acid groups (broad SMARTS) is 1. The minimum absolute atomic E-state index is 0.0274. The molecule has 6 heteroatoms. The van der Waals surface area contributed by atoms with Crippen LogP contribution in [0.15, 0.2) is 36.4 Å². The number of rotatable bonds is 5. The van der Waals surface area contributed by atoms with Gasteiger partial charge in [-0.05, 0) is 50.1 Å². The highest BCUT2D eigenvalue weighted by molar-refractivity contribution is 6.01. The highest BCUT2D eigenvalue weighted by Crippen LogP contribution is 2.21. The number of carbonyl (C=O) groups is 3. The second-order valence-electron chi connectivity index (χ2n) is 6.37. The lowest BCUT2D eigenvalue weighted by Crippen LogP contribution is -2.35. The molecule has 0 radical (unpaired) electrons. The van der Waals surface area contributed by atoms with Crippen LogP contribution < -0.4 is 5.32 Å². The van der Waals surface area contributed by atoms with Gasteiger partial charge in [0.15, 0.2) is 0 Å². The number of hydrogen-bond acceptors (Lipinski definition) is 3. The molecule has 0 aromatic heterocycles. The van der Waals surface area contributed by atoms with E-state index >= 15 is 0 Å². The fourth-order valence-electron chi connectivity index (χ4n) is 2.85. The number of anilines is 1. The van der Waals surface area contributed by atoms with Gasteiger partial charge in [-0.15, -0.1) is 0 Å². The van der Waals surface area contributed by atoms with Crippen molar-refractivity contribution in [3.05, 3.63) is 64.2 Å². The predicted octanol–water partition coefficient (Wildman–Crippen LogP) is 3.02. The molecule has 2 N–H and O–H groups in total. The Balaban J connectivity index is 2.08. The quantitative estimate of drug-likeness (QED) is 0.864. The maximum Gasteiger partial charge on any atom is 0.335 e. The maximum absolute atomic E-state index is 12.4. The summed E-state index contributed by atoms with van der Waals surface area (Å²) in [4.78, 5) is 37.0. The molecular formula is C20H22N2O4. The molecule has 0 heterocycles. The van der Waals surface area contributed by atoms with Crippen LogP contribution in [0, 0.1) is 20.8 Å². The third-order valence-electron chi connectivity index (χ3n) is 4.03. The number of hydrogen-bond donors (Lipinski definition) is 2. The summed E-state index contributed by atoms with van der Waals surface area (Å²) < 4.78 is 0. The van der Waals surface area contributed by atoms with E-state index in [0.29, 0.717) is 0 Å². The number of benzene rings is 2. The van der Waals surface area contributed by atoms with Crippen molar-refractivity contribution in [2.75, 3.05) is 18.9 Å². The molecule has 0 spiro atoms. The first-order chi connectivity index (χ1) is 12.2. The Morgan fingerprint density at radius 2 is 1.58 bits per heavy atom. The van der Waals surface area contributed by atoms with Crippen LogP contribution in [0.2, 0.25) is 0 Å². The second kappa shape index (κ2) is 7.82. The summed E-state index contributed by atoms with van der Waals surface area (Å²) in [6.07, 6.45) is 0. The Kier molecular flexibility index (Phi) is 5.77. The third kappa shape index (κ3) is 4.47. The Bertz CT molecular complexity index is 851. The summed E-state index contributed by atoms with van der Waals surface area (Å²) in [6, 6.07) is 9.70. The minimum atomic E-state index is -1.11. The number of carboxylic acids is 1. The van der Waals surface area contributed by atoms with E-state index in [-0.39, 0.29) is 23.6 Å². The van der Waals surface area contributed by atoms with Crippen molar-refractivity contribution >= 4 is 23.5 Å².